The number of fused-ring (bicyclic) bond motifs is 2. The zero-order chi connectivity index (χ0) is 26.9. The van der Waals surface area contributed by atoms with Crippen LogP contribution in [0, 0.1) is 0 Å². The van der Waals surface area contributed by atoms with Crippen molar-refractivity contribution in [2.24, 2.45) is 0 Å². The van der Waals surface area contributed by atoms with Gasteiger partial charge in [-0.2, -0.15) is 0 Å². The first kappa shape index (κ1) is 26.3. The summed E-state index contributed by atoms with van der Waals surface area (Å²) in [7, 11) is 2.03. The van der Waals surface area contributed by atoms with Crippen molar-refractivity contribution in [3.63, 3.8) is 0 Å². The molecule has 12 heteroatoms. The predicted octanol–water partition coefficient (Wildman–Crippen LogP) is 2.32. The number of carbonyl (C=O) groups excluding carboxylic acids is 1. The quantitative estimate of drug-likeness (QED) is 0.360. The molecule has 2 aliphatic rings. The van der Waals surface area contributed by atoms with E-state index >= 15 is 0 Å². The Kier molecular flexibility index (Phi) is 7.23. The first-order chi connectivity index (χ1) is 18.2. The van der Waals surface area contributed by atoms with Crippen molar-refractivity contribution in [1.82, 2.24) is 29.7 Å². The van der Waals surface area contributed by atoms with E-state index in [-0.39, 0.29) is 24.8 Å². The lowest BCUT2D eigenvalue weighted by Crippen LogP contribution is -2.46. The second-order valence-electron chi connectivity index (χ2n) is 10.3. The number of likely N-dealkylation sites (N-methyl/N-ethyl adjacent to an activating group) is 1. The second kappa shape index (κ2) is 10.4. The van der Waals surface area contributed by atoms with Gasteiger partial charge in [-0.25, -0.2) is 19.7 Å². The molecule has 2 aliphatic heterocycles. The maximum Gasteiger partial charge on any atom is 0.319 e. The largest absolute Gasteiger partial charge is 0.382 e. The summed E-state index contributed by atoms with van der Waals surface area (Å²) in [6.07, 6.45) is 4.18. The van der Waals surface area contributed by atoms with E-state index < -0.39 is 11.5 Å². The molecule has 2 aromatic heterocycles. The Morgan fingerprint density at radius 3 is 2.95 bits per heavy atom. The van der Waals surface area contributed by atoms with Gasteiger partial charge >= 0.3 is 6.03 Å². The number of amides is 2. The molecule has 3 atom stereocenters. The van der Waals surface area contributed by atoms with E-state index in [9.17, 15) is 4.79 Å². The molecule has 0 bridgehead atoms. The van der Waals surface area contributed by atoms with Gasteiger partial charge in [0.2, 0.25) is 5.72 Å². The number of imidazole rings is 1. The summed E-state index contributed by atoms with van der Waals surface area (Å²) < 4.78 is 20.9. The number of benzene rings is 1. The third-order valence-corrected chi connectivity index (χ3v) is 6.98. The fraction of sp³-hybridized carbons (Fsp3) is 0.538. The topological polar surface area (TPSA) is 142 Å². The molecular formula is C26H36N8O4. The van der Waals surface area contributed by atoms with Gasteiger partial charge in [-0.15, -0.1) is 0 Å². The fourth-order valence-electron chi connectivity index (χ4n) is 5.23. The van der Waals surface area contributed by atoms with Crippen LogP contribution in [0.5, 0.6) is 0 Å². The molecule has 0 radical (unpaired) electrons. The zero-order valence-electron chi connectivity index (χ0n) is 22.3. The van der Waals surface area contributed by atoms with Gasteiger partial charge in [0, 0.05) is 18.8 Å². The number of ether oxygens (including phenoxy) is 3. The standard InChI is InChI=1S/C26H36N8O4/c1-5-17-8-6-9-18(12-17)32-24(35)28-10-7-11-33(4)13-19-21-26(14-36-19,38-25(2,3)37-21)34-16-31-20-22(27)29-15-30-23(20)34/h6,8-9,12,15-16,19,21H,5,7,10-11,13-14H2,1-4H3,(H2,27,29,30)(H2,28,32,35). The van der Waals surface area contributed by atoms with Gasteiger partial charge in [-0.05, 0) is 58.0 Å². The third kappa shape index (κ3) is 5.17. The zero-order valence-corrected chi connectivity index (χ0v) is 22.3. The van der Waals surface area contributed by atoms with Gasteiger partial charge in [0.25, 0.3) is 0 Å². The maximum absolute atomic E-state index is 12.3. The number of hydrogen-bond acceptors (Lipinski definition) is 9. The number of aryl methyl sites for hydroxylation is 1. The van der Waals surface area contributed by atoms with Gasteiger partial charge < -0.3 is 35.5 Å². The molecule has 3 aromatic rings. The van der Waals surface area contributed by atoms with Gasteiger partial charge in [-0.1, -0.05) is 19.1 Å². The number of aromatic nitrogens is 4. The number of urea groups is 1. The van der Waals surface area contributed by atoms with Crippen LogP contribution in [-0.2, 0) is 26.4 Å². The fourth-order valence-corrected chi connectivity index (χ4v) is 5.23. The lowest BCUT2D eigenvalue weighted by molar-refractivity contribution is -0.205. The normalized spacial score (nSPS) is 24.1. The summed E-state index contributed by atoms with van der Waals surface area (Å²) in [6.45, 7) is 8.12. The first-order valence-corrected chi connectivity index (χ1v) is 13.0. The average Bonchev–Trinajstić information content (AvgIpc) is 3.53. The maximum atomic E-state index is 12.3. The minimum absolute atomic E-state index is 0.208. The van der Waals surface area contributed by atoms with Gasteiger partial charge in [0.05, 0.1) is 12.9 Å². The van der Waals surface area contributed by atoms with Crippen molar-refractivity contribution in [1.29, 1.82) is 0 Å². The van der Waals surface area contributed by atoms with Crippen LogP contribution in [0.2, 0.25) is 0 Å². The van der Waals surface area contributed by atoms with Gasteiger partial charge in [-0.3, -0.25) is 4.57 Å². The molecule has 4 heterocycles. The lowest BCUT2D eigenvalue weighted by atomic mass is 10.0. The molecule has 3 unspecified atom stereocenters. The molecule has 4 N–H and O–H groups in total. The molecule has 2 saturated heterocycles. The smallest absolute Gasteiger partial charge is 0.319 e. The van der Waals surface area contributed by atoms with Crippen molar-refractivity contribution in [3.05, 3.63) is 42.5 Å². The monoisotopic (exact) mass is 524 g/mol. The number of nitrogens with zero attached hydrogens (tertiary/aromatic N) is 5. The Bertz CT molecular complexity index is 1300. The van der Waals surface area contributed by atoms with E-state index in [1.54, 1.807) is 6.33 Å². The molecule has 38 heavy (non-hydrogen) atoms. The van der Waals surface area contributed by atoms with Crippen molar-refractivity contribution >= 4 is 28.7 Å². The molecule has 12 nitrogen and oxygen atoms in total. The summed E-state index contributed by atoms with van der Waals surface area (Å²) in [5.41, 5.74) is 8.16. The van der Waals surface area contributed by atoms with Crippen LogP contribution in [-0.4, -0.2) is 81.7 Å². The van der Waals surface area contributed by atoms with Crippen LogP contribution in [0.3, 0.4) is 0 Å². The Morgan fingerprint density at radius 2 is 2.13 bits per heavy atom. The number of nitrogens with two attached hydrogens (primary N) is 1. The van der Waals surface area contributed by atoms with E-state index in [2.05, 4.69) is 37.4 Å². The van der Waals surface area contributed by atoms with Gasteiger partial charge in [0.1, 0.15) is 24.1 Å². The highest BCUT2D eigenvalue weighted by Gasteiger charge is 2.63. The molecule has 0 spiro atoms. The van der Waals surface area contributed by atoms with Crippen molar-refractivity contribution in [2.75, 3.05) is 44.3 Å². The van der Waals surface area contributed by atoms with E-state index in [4.69, 9.17) is 19.9 Å². The molecule has 5 rings (SSSR count). The Labute approximate surface area is 221 Å². The molecule has 2 amide bonds. The third-order valence-electron chi connectivity index (χ3n) is 6.98. The van der Waals surface area contributed by atoms with Crippen molar-refractivity contribution in [2.45, 2.75) is 57.3 Å². The minimum Gasteiger partial charge on any atom is -0.382 e. The predicted molar refractivity (Wildman–Crippen MR) is 142 cm³/mol. The van der Waals surface area contributed by atoms with Crippen LogP contribution in [0.4, 0.5) is 16.3 Å². The SMILES string of the molecule is CCc1cccc(NC(=O)NCCCN(C)CC2OCC3(n4cnc5c(N)ncnc54)OC(C)(C)OC23)c1. The number of nitrogens with one attached hydrogen (secondary N) is 2. The van der Waals surface area contributed by atoms with Crippen molar-refractivity contribution < 1.29 is 19.0 Å². The molecule has 2 fully saturated rings. The highest BCUT2D eigenvalue weighted by atomic mass is 16.8. The molecular weight excluding hydrogens is 488 g/mol. The molecule has 0 saturated carbocycles. The van der Waals surface area contributed by atoms with Crippen LogP contribution < -0.4 is 16.4 Å². The highest BCUT2D eigenvalue weighted by Crippen LogP contribution is 2.47. The summed E-state index contributed by atoms with van der Waals surface area (Å²) in [5, 5.41) is 5.82. The van der Waals surface area contributed by atoms with Crippen LogP contribution >= 0.6 is 0 Å². The number of anilines is 2. The number of nitrogen functional groups attached to an aromatic ring is 1. The van der Waals surface area contributed by atoms with Crippen LogP contribution in [0.1, 0.15) is 32.8 Å². The number of hydrogen-bond donors (Lipinski definition) is 3. The lowest BCUT2D eigenvalue weighted by Gasteiger charge is -2.29. The van der Waals surface area contributed by atoms with Gasteiger partial charge in [0.15, 0.2) is 17.3 Å². The average molecular weight is 525 g/mol. The number of rotatable bonds is 9. The van der Waals surface area contributed by atoms with E-state index in [1.807, 2.05) is 49.7 Å². The Hall–Kier alpha value is -3.32. The minimum atomic E-state index is -0.917. The van der Waals surface area contributed by atoms with Crippen molar-refractivity contribution in [3.8, 4) is 0 Å². The summed E-state index contributed by atoms with van der Waals surface area (Å²) in [4.78, 5) is 27.3. The Morgan fingerprint density at radius 1 is 1.29 bits per heavy atom. The Balaban J connectivity index is 1.16. The van der Waals surface area contributed by atoms with E-state index in [1.165, 1.54) is 11.9 Å². The summed E-state index contributed by atoms with van der Waals surface area (Å²) in [6, 6.07) is 7.66. The first-order valence-electron chi connectivity index (χ1n) is 13.0. The second-order valence-corrected chi connectivity index (χ2v) is 10.3. The molecule has 204 valence electrons. The summed E-state index contributed by atoms with van der Waals surface area (Å²) in [5.74, 6) is -0.499. The van der Waals surface area contributed by atoms with Crippen LogP contribution in [0.25, 0.3) is 11.2 Å². The number of carbonyl (C=O) groups is 1. The molecule has 1 aromatic carbocycles. The summed E-state index contributed by atoms with van der Waals surface area (Å²) >= 11 is 0. The van der Waals surface area contributed by atoms with E-state index in [0.717, 1.165) is 25.1 Å². The highest BCUT2D eigenvalue weighted by molar-refractivity contribution is 5.89. The van der Waals surface area contributed by atoms with Crippen LogP contribution in [0.15, 0.2) is 36.9 Å². The van der Waals surface area contributed by atoms with E-state index in [0.29, 0.717) is 30.1 Å². The molecule has 0 aliphatic carbocycles.